The molecule has 0 aliphatic carbocycles. The lowest BCUT2D eigenvalue weighted by Gasteiger charge is -2.35. The average Bonchev–Trinajstić information content (AvgIpc) is 2.24. The summed E-state index contributed by atoms with van der Waals surface area (Å²) in [6.45, 7) is 13.4. The van der Waals surface area contributed by atoms with E-state index in [1.165, 1.54) is 0 Å². The van der Waals surface area contributed by atoms with E-state index in [1.54, 1.807) is 14.2 Å². The molecular weight excluding hydrogens is 236 g/mol. The molecule has 0 aromatic carbocycles. The Morgan fingerprint density at radius 2 is 1.53 bits per heavy atom. The Kier molecular flexibility index (Phi) is 10.3. The molecule has 0 fully saturated rings. The lowest BCUT2D eigenvalue weighted by Crippen LogP contribution is -2.41. The second-order valence-electron chi connectivity index (χ2n) is 5.37. The van der Waals surface area contributed by atoms with Crippen LogP contribution in [0.3, 0.4) is 0 Å². The van der Waals surface area contributed by atoms with Crippen LogP contribution in [0.1, 0.15) is 27.7 Å². The van der Waals surface area contributed by atoms with Crippen LogP contribution in [-0.4, -0.2) is 47.1 Å². The van der Waals surface area contributed by atoms with Crippen LogP contribution in [0.2, 0.25) is 18.1 Å². The fourth-order valence-corrected chi connectivity index (χ4v) is 1.65. The van der Waals surface area contributed by atoms with Crippen LogP contribution in [-0.2, 0) is 13.9 Å². The van der Waals surface area contributed by atoms with E-state index in [0.29, 0.717) is 6.61 Å². The lowest BCUT2D eigenvalue weighted by molar-refractivity contribution is -0.0877. The van der Waals surface area contributed by atoms with E-state index in [2.05, 4.69) is 43.3 Å². The fourth-order valence-electron chi connectivity index (χ4n) is 0.614. The van der Waals surface area contributed by atoms with Gasteiger partial charge in [-0.2, -0.15) is 0 Å². The van der Waals surface area contributed by atoms with Gasteiger partial charge >= 0.3 is 0 Å². The van der Waals surface area contributed by atoms with Gasteiger partial charge in [0.2, 0.25) is 0 Å². The zero-order chi connectivity index (χ0) is 14.1. The van der Waals surface area contributed by atoms with Crippen molar-refractivity contribution >= 4 is 8.32 Å². The summed E-state index contributed by atoms with van der Waals surface area (Å²) in [5.41, 5.74) is 0. The molecule has 0 saturated heterocycles. The van der Waals surface area contributed by atoms with Crippen molar-refractivity contribution in [1.29, 1.82) is 0 Å². The van der Waals surface area contributed by atoms with Gasteiger partial charge in [-0.25, -0.2) is 0 Å². The Bertz CT molecular complexity index is 174. The summed E-state index contributed by atoms with van der Waals surface area (Å²) >= 11 is 0. The van der Waals surface area contributed by atoms with Gasteiger partial charge in [0.05, 0.1) is 13.2 Å². The van der Waals surface area contributed by atoms with Crippen LogP contribution in [0.5, 0.6) is 0 Å². The molecule has 0 bridgehead atoms. The van der Waals surface area contributed by atoms with Crippen molar-refractivity contribution < 1.29 is 19.0 Å². The summed E-state index contributed by atoms with van der Waals surface area (Å²) < 4.78 is 15.0. The molecule has 0 amide bonds. The Hall–Kier alpha value is 0.0569. The van der Waals surface area contributed by atoms with Crippen molar-refractivity contribution in [2.75, 3.05) is 27.4 Å². The molecule has 17 heavy (non-hydrogen) atoms. The maximum Gasteiger partial charge on any atom is 0.192 e. The summed E-state index contributed by atoms with van der Waals surface area (Å²) in [5, 5.41) is 8.84. The number of aliphatic hydroxyl groups is 1. The number of hydrogen-bond acceptors (Lipinski definition) is 4. The molecule has 0 heterocycles. The number of hydrogen-bond donors (Lipinski definition) is 1. The molecule has 0 radical (unpaired) electrons. The smallest absolute Gasteiger partial charge is 0.192 e. The monoisotopic (exact) mass is 266 g/mol. The van der Waals surface area contributed by atoms with Gasteiger partial charge < -0.3 is 19.0 Å². The summed E-state index contributed by atoms with van der Waals surface area (Å²) in [6, 6.07) is 0. The third-order valence-electron chi connectivity index (χ3n) is 3.02. The van der Waals surface area contributed by atoms with Crippen LogP contribution in [0, 0.1) is 0 Å². The first kappa shape index (κ1) is 19.4. The summed E-state index contributed by atoms with van der Waals surface area (Å²) in [6.07, 6.45) is -0.0648. The number of aliphatic hydroxyl groups excluding tert-OH is 1. The maximum absolute atomic E-state index is 8.59. The highest BCUT2D eigenvalue weighted by Crippen LogP contribution is 2.36. The van der Waals surface area contributed by atoms with Crippen LogP contribution in [0.25, 0.3) is 0 Å². The van der Waals surface area contributed by atoms with Crippen LogP contribution in [0.15, 0.2) is 0 Å². The molecule has 4 nitrogen and oxygen atoms in total. The molecule has 0 rings (SSSR count). The topological polar surface area (TPSA) is 47.9 Å². The Morgan fingerprint density at radius 1 is 1.12 bits per heavy atom. The van der Waals surface area contributed by atoms with Crippen molar-refractivity contribution in [3.63, 3.8) is 0 Å². The summed E-state index contributed by atoms with van der Waals surface area (Å²) in [5.74, 6) is 0. The van der Waals surface area contributed by atoms with Crippen LogP contribution < -0.4 is 0 Å². The van der Waals surface area contributed by atoms with Gasteiger partial charge in [-0.05, 0) is 25.1 Å². The molecule has 5 heteroatoms. The Morgan fingerprint density at radius 3 is 1.71 bits per heavy atom. The second kappa shape index (κ2) is 9.05. The molecule has 0 unspecified atom stereocenters. The standard InChI is InChI=1S/C8H20O2Si.C4H10O2/c1-8(2,3)11(4,5)10-7-6-9;1-4(5-2)6-3/h9H,6-7H2,1-5H3;4H,1-3H3. The third kappa shape index (κ3) is 9.73. The molecule has 0 spiro atoms. The molecule has 0 aliphatic heterocycles. The second-order valence-corrected chi connectivity index (χ2v) is 10.2. The van der Waals surface area contributed by atoms with Crippen molar-refractivity contribution in [2.24, 2.45) is 0 Å². The molecule has 1 N–H and O–H groups in total. The quantitative estimate of drug-likeness (QED) is 0.614. The van der Waals surface area contributed by atoms with Gasteiger partial charge in [0.15, 0.2) is 14.6 Å². The first-order valence-electron chi connectivity index (χ1n) is 5.92. The summed E-state index contributed by atoms with van der Waals surface area (Å²) in [4.78, 5) is 0. The van der Waals surface area contributed by atoms with Crippen LogP contribution in [0.4, 0.5) is 0 Å². The van der Waals surface area contributed by atoms with E-state index in [9.17, 15) is 0 Å². The number of ether oxygens (including phenoxy) is 2. The molecule has 0 aromatic rings. The van der Waals surface area contributed by atoms with Gasteiger partial charge in [-0.1, -0.05) is 20.8 Å². The number of methoxy groups -OCH3 is 2. The molecule has 0 atom stereocenters. The SMILES string of the molecule is CC(C)(C)[Si](C)(C)OCCO.COC(C)OC. The van der Waals surface area contributed by atoms with Gasteiger partial charge in [0.25, 0.3) is 0 Å². The van der Waals surface area contributed by atoms with Crippen molar-refractivity contribution in [1.82, 2.24) is 0 Å². The maximum atomic E-state index is 8.59. The zero-order valence-corrected chi connectivity index (χ0v) is 13.7. The molecular formula is C12H30O4Si. The van der Waals surface area contributed by atoms with Crippen molar-refractivity contribution in [3.8, 4) is 0 Å². The van der Waals surface area contributed by atoms with E-state index in [1.807, 2.05) is 6.92 Å². The molecule has 0 aromatic heterocycles. The highest BCUT2D eigenvalue weighted by molar-refractivity contribution is 6.74. The van der Waals surface area contributed by atoms with E-state index in [0.717, 1.165) is 0 Å². The minimum absolute atomic E-state index is 0.0648. The van der Waals surface area contributed by atoms with Crippen LogP contribution >= 0.6 is 0 Å². The highest BCUT2D eigenvalue weighted by atomic mass is 28.4. The van der Waals surface area contributed by atoms with E-state index >= 15 is 0 Å². The summed E-state index contributed by atoms with van der Waals surface area (Å²) in [7, 11) is 1.62. The number of rotatable bonds is 5. The first-order valence-corrected chi connectivity index (χ1v) is 8.83. The Labute approximate surface area is 107 Å². The molecule has 0 saturated carbocycles. The first-order chi connectivity index (χ1) is 7.62. The minimum Gasteiger partial charge on any atom is -0.414 e. The van der Waals surface area contributed by atoms with Crippen molar-refractivity contribution in [2.45, 2.75) is 52.1 Å². The van der Waals surface area contributed by atoms with E-state index in [4.69, 9.17) is 9.53 Å². The van der Waals surface area contributed by atoms with E-state index < -0.39 is 8.32 Å². The Balaban J connectivity index is 0. The van der Waals surface area contributed by atoms with Gasteiger partial charge in [0.1, 0.15) is 0 Å². The normalized spacial score (nSPS) is 12.4. The van der Waals surface area contributed by atoms with Crippen molar-refractivity contribution in [3.05, 3.63) is 0 Å². The van der Waals surface area contributed by atoms with Gasteiger partial charge in [-0.3, -0.25) is 0 Å². The zero-order valence-electron chi connectivity index (χ0n) is 12.7. The molecule has 106 valence electrons. The largest absolute Gasteiger partial charge is 0.414 e. The predicted octanol–water partition coefficient (Wildman–Crippen LogP) is 2.63. The fraction of sp³-hybridized carbons (Fsp3) is 1.00. The minimum atomic E-state index is -1.59. The predicted molar refractivity (Wildman–Crippen MR) is 73.7 cm³/mol. The third-order valence-corrected chi connectivity index (χ3v) is 7.56. The van der Waals surface area contributed by atoms with Gasteiger partial charge in [0, 0.05) is 14.2 Å². The highest BCUT2D eigenvalue weighted by Gasteiger charge is 2.36. The lowest BCUT2D eigenvalue weighted by atomic mass is 10.2. The van der Waals surface area contributed by atoms with E-state index in [-0.39, 0.29) is 17.9 Å². The molecule has 0 aliphatic rings. The average molecular weight is 266 g/mol. The van der Waals surface area contributed by atoms with Gasteiger partial charge in [-0.15, -0.1) is 0 Å².